The lowest BCUT2D eigenvalue weighted by Gasteiger charge is -2.15. The van der Waals surface area contributed by atoms with Crippen LogP contribution in [0.4, 0.5) is 0 Å². The standard InChI is InChI=1S/C15H17Cl2NOS/c1-10(2)18-7-12-5-13(16)6-14(17)15(12)19-8-11-3-4-20-9-11/h3-6,9-10,18H,7-8H2,1-2H3. The molecule has 1 N–H and O–H groups in total. The molecule has 0 saturated carbocycles. The van der Waals surface area contributed by atoms with Crippen molar-refractivity contribution in [3.05, 3.63) is 50.1 Å². The minimum atomic E-state index is 0.387. The molecule has 2 aromatic rings. The van der Waals surface area contributed by atoms with E-state index in [-0.39, 0.29) is 0 Å². The normalized spacial score (nSPS) is 11.1. The highest BCUT2D eigenvalue weighted by atomic mass is 35.5. The fourth-order valence-corrected chi connectivity index (χ4v) is 2.99. The van der Waals surface area contributed by atoms with Crippen LogP contribution in [0.15, 0.2) is 29.0 Å². The van der Waals surface area contributed by atoms with E-state index in [1.807, 2.05) is 17.5 Å². The van der Waals surface area contributed by atoms with Gasteiger partial charge in [0.05, 0.1) is 5.02 Å². The van der Waals surface area contributed by atoms with Crippen LogP contribution in [0.3, 0.4) is 0 Å². The number of hydrogen-bond donors (Lipinski definition) is 1. The van der Waals surface area contributed by atoms with Crippen molar-refractivity contribution in [3.8, 4) is 5.75 Å². The van der Waals surface area contributed by atoms with E-state index in [4.69, 9.17) is 27.9 Å². The Balaban J connectivity index is 2.16. The van der Waals surface area contributed by atoms with E-state index in [9.17, 15) is 0 Å². The molecule has 0 aliphatic carbocycles. The highest BCUT2D eigenvalue weighted by Crippen LogP contribution is 2.33. The monoisotopic (exact) mass is 329 g/mol. The van der Waals surface area contributed by atoms with Crippen LogP contribution >= 0.6 is 34.5 Å². The van der Waals surface area contributed by atoms with Crippen LogP contribution < -0.4 is 10.1 Å². The first-order valence-electron chi connectivity index (χ1n) is 6.41. The number of benzene rings is 1. The van der Waals surface area contributed by atoms with Gasteiger partial charge in [0.1, 0.15) is 12.4 Å². The fraction of sp³-hybridized carbons (Fsp3) is 0.333. The molecule has 1 heterocycles. The van der Waals surface area contributed by atoms with E-state index < -0.39 is 0 Å². The molecular formula is C15H17Cl2NOS. The summed E-state index contributed by atoms with van der Waals surface area (Å²) in [4.78, 5) is 0. The van der Waals surface area contributed by atoms with Crippen LogP contribution in [0.25, 0.3) is 0 Å². The third kappa shape index (κ3) is 4.38. The minimum absolute atomic E-state index is 0.387. The van der Waals surface area contributed by atoms with E-state index in [1.54, 1.807) is 17.4 Å². The molecule has 1 aromatic heterocycles. The summed E-state index contributed by atoms with van der Waals surface area (Å²) in [6.45, 7) is 5.38. The average molecular weight is 330 g/mol. The van der Waals surface area contributed by atoms with Gasteiger partial charge in [0.25, 0.3) is 0 Å². The Labute approximate surface area is 133 Å². The molecule has 0 aliphatic rings. The van der Waals surface area contributed by atoms with Crippen molar-refractivity contribution in [2.24, 2.45) is 0 Å². The minimum Gasteiger partial charge on any atom is -0.487 e. The van der Waals surface area contributed by atoms with Crippen molar-refractivity contribution in [2.75, 3.05) is 0 Å². The van der Waals surface area contributed by atoms with Gasteiger partial charge in [-0.15, -0.1) is 0 Å². The Morgan fingerprint density at radius 1 is 1.30 bits per heavy atom. The van der Waals surface area contributed by atoms with Crippen molar-refractivity contribution < 1.29 is 4.74 Å². The van der Waals surface area contributed by atoms with Gasteiger partial charge in [-0.05, 0) is 34.5 Å². The second kappa shape index (κ2) is 7.32. The van der Waals surface area contributed by atoms with Gasteiger partial charge < -0.3 is 10.1 Å². The molecule has 0 bridgehead atoms. The maximum atomic E-state index is 6.26. The molecule has 20 heavy (non-hydrogen) atoms. The lowest BCUT2D eigenvalue weighted by Crippen LogP contribution is -2.22. The number of hydrogen-bond acceptors (Lipinski definition) is 3. The number of halogens is 2. The summed E-state index contributed by atoms with van der Waals surface area (Å²) in [5.41, 5.74) is 2.12. The fourth-order valence-electron chi connectivity index (χ4n) is 1.75. The van der Waals surface area contributed by atoms with Crippen molar-refractivity contribution >= 4 is 34.5 Å². The molecule has 0 aliphatic heterocycles. The molecule has 0 saturated heterocycles. The first-order valence-corrected chi connectivity index (χ1v) is 8.11. The third-order valence-corrected chi connectivity index (χ3v) is 3.98. The lowest BCUT2D eigenvalue weighted by molar-refractivity contribution is 0.302. The van der Waals surface area contributed by atoms with Gasteiger partial charge in [0, 0.05) is 23.2 Å². The Hall–Kier alpha value is -0.740. The van der Waals surface area contributed by atoms with E-state index in [0.29, 0.717) is 35.0 Å². The zero-order valence-electron chi connectivity index (χ0n) is 11.5. The van der Waals surface area contributed by atoms with Gasteiger partial charge in [-0.2, -0.15) is 11.3 Å². The molecule has 2 nitrogen and oxygen atoms in total. The highest BCUT2D eigenvalue weighted by molar-refractivity contribution is 7.07. The molecule has 0 fully saturated rings. The van der Waals surface area contributed by atoms with E-state index >= 15 is 0 Å². The van der Waals surface area contributed by atoms with Crippen molar-refractivity contribution in [1.82, 2.24) is 5.32 Å². The van der Waals surface area contributed by atoms with Crippen LogP contribution in [0.2, 0.25) is 10.0 Å². The molecule has 2 rings (SSSR count). The summed E-state index contributed by atoms with van der Waals surface area (Å²) < 4.78 is 5.88. The number of thiophene rings is 1. The second-order valence-electron chi connectivity index (χ2n) is 4.83. The van der Waals surface area contributed by atoms with Gasteiger partial charge in [-0.3, -0.25) is 0 Å². The molecule has 108 valence electrons. The van der Waals surface area contributed by atoms with Crippen LogP contribution in [-0.2, 0) is 13.2 Å². The Kier molecular flexibility index (Phi) is 5.73. The molecular weight excluding hydrogens is 313 g/mol. The molecule has 0 amide bonds. The summed E-state index contributed by atoms with van der Waals surface area (Å²) >= 11 is 14.0. The number of nitrogens with one attached hydrogen (secondary N) is 1. The number of ether oxygens (including phenoxy) is 1. The molecule has 1 aromatic carbocycles. The van der Waals surface area contributed by atoms with Gasteiger partial charge in [-0.1, -0.05) is 37.0 Å². The van der Waals surface area contributed by atoms with E-state index in [1.165, 1.54) is 0 Å². The zero-order chi connectivity index (χ0) is 14.5. The summed E-state index contributed by atoms with van der Waals surface area (Å²) in [5.74, 6) is 0.704. The van der Waals surface area contributed by atoms with Crippen LogP contribution in [0, 0.1) is 0 Å². The maximum Gasteiger partial charge on any atom is 0.142 e. The maximum absolute atomic E-state index is 6.26. The number of rotatable bonds is 6. The summed E-state index contributed by atoms with van der Waals surface area (Å²) in [5, 5.41) is 8.62. The van der Waals surface area contributed by atoms with Crippen molar-refractivity contribution in [2.45, 2.75) is 33.0 Å². The molecule has 0 atom stereocenters. The van der Waals surface area contributed by atoms with E-state index in [0.717, 1.165) is 11.1 Å². The van der Waals surface area contributed by atoms with E-state index in [2.05, 4.69) is 24.5 Å². The molecule has 5 heteroatoms. The molecule has 0 radical (unpaired) electrons. The van der Waals surface area contributed by atoms with Crippen LogP contribution in [-0.4, -0.2) is 6.04 Å². The topological polar surface area (TPSA) is 21.3 Å². The zero-order valence-corrected chi connectivity index (χ0v) is 13.8. The summed E-state index contributed by atoms with van der Waals surface area (Å²) in [6.07, 6.45) is 0. The highest BCUT2D eigenvalue weighted by Gasteiger charge is 2.11. The average Bonchev–Trinajstić information content (AvgIpc) is 2.88. The Morgan fingerprint density at radius 3 is 2.75 bits per heavy atom. The van der Waals surface area contributed by atoms with Crippen LogP contribution in [0.5, 0.6) is 5.75 Å². The predicted octanol–water partition coefficient (Wildman–Crippen LogP) is 5.13. The van der Waals surface area contributed by atoms with Crippen molar-refractivity contribution in [3.63, 3.8) is 0 Å². The van der Waals surface area contributed by atoms with Gasteiger partial charge in [-0.25, -0.2) is 0 Å². The lowest BCUT2D eigenvalue weighted by atomic mass is 10.2. The van der Waals surface area contributed by atoms with Crippen LogP contribution in [0.1, 0.15) is 25.0 Å². The first-order chi connectivity index (χ1) is 9.56. The predicted molar refractivity (Wildman–Crippen MR) is 87.1 cm³/mol. The third-order valence-electron chi connectivity index (χ3n) is 2.75. The SMILES string of the molecule is CC(C)NCc1cc(Cl)cc(Cl)c1OCc1ccsc1. The van der Waals surface area contributed by atoms with Crippen molar-refractivity contribution in [1.29, 1.82) is 0 Å². The molecule has 0 spiro atoms. The quantitative estimate of drug-likeness (QED) is 0.792. The van der Waals surface area contributed by atoms with Gasteiger partial charge in [0.2, 0.25) is 0 Å². The summed E-state index contributed by atoms with van der Waals surface area (Å²) in [7, 11) is 0. The van der Waals surface area contributed by atoms with Gasteiger partial charge >= 0.3 is 0 Å². The van der Waals surface area contributed by atoms with Gasteiger partial charge in [0.15, 0.2) is 0 Å². The first kappa shape index (κ1) is 15.6. The largest absolute Gasteiger partial charge is 0.487 e. The Bertz CT molecular complexity index is 555. The smallest absolute Gasteiger partial charge is 0.142 e. The summed E-state index contributed by atoms with van der Waals surface area (Å²) in [6, 6.07) is 6.04. The second-order valence-corrected chi connectivity index (χ2v) is 6.46. The Morgan fingerprint density at radius 2 is 2.10 bits per heavy atom. The molecule has 0 unspecified atom stereocenters.